The van der Waals surface area contributed by atoms with E-state index in [1.165, 1.54) is 11.8 Å². The predicted molar refractivity (Wildman–Crippen MR) is 91.3 cm³/mol. The van der Waals surface area contributed by atoms with Crippen molar-refractivity contribution in [3.8, 4) is 5.69 Å². The normalized spacial score (nSPS) is 11.5. The molecular formula is C16H19F3N4O2S. The zero-order valence-electron chi connectivity index (χ0n) is 14.1. The van der Waals surface area contributed by atoms with Crippen LogP contribution in [0, 0.1) is 6.92 Å². The van der Waals surface area contributed by atoms with E-state index in [1.807, 2.05) is 31.2 Å². The average molecular weight is 388 g/mol. The van der Waals surface area contributed by atoms with Gasteiger partial charge in [0, 0.05) is 18.8 Å². The lowest BCUT2D eigenvalue weighted by molar-refractivity contribution is -0.174. The smallest absolute Gasteiger partial charge is 0.372 e. The summed E-state index contributed by atoms with van der Waals surface area (Å²) in [5, 5.41) is 11.1. The van der Waals surface area contributed by atoms with Gasteiger partial charge < -0.3 is 10.1 Å². The standard InChI is InChI=1S/C16H19F3N4O2S/c1-12-3-5-13(6-4-12)23-11-21-22-15(23)26-9-14(24)20-7-2-8-25-10-16(17,18)19/h3-6,11H,2,7-10H2,1H3,(H,20,24). The zero-order chi connectivity index (χ0) is 19.0. The van der Waals surface area contributed by atoms with E-state index in [9.17, 15) is 18.0 Å². The molecule has 0 bridgehead atoms. The first kappa shape index (κ1) is 20.2. The van der Waals surface area contributed by atoms with Crippen molar-refractivity contribution < 1.29 is 22.7 Å². The van der Waals surface area contributed by atoms with Crippen LogP contribution in [0.25, 0.3) is 5.69 Å². The van der Waals surface area contributed by atoms with Crippen LogP contribution in [0.4, 0.5) is 13.2 Å². The Morgan fingerprint density at radius 1 is 1.31 bits per heavy atom. The Morgan fingerprint density at radius 3 is 2.73 bits per heavy atom. The van der Waals surface area contributed by atoms with Crippen LogP contribution in [0.5, 0.6) is 0 Å². The predicted octanol–water partition coefficient (Wildman–Crippen LogP) is 2.75. The van der Waals surface area contributed by atoms with Crippen LogP contribution in [-0.4, -0.2) is 52.4 Å². The molecule has 142 valence electrons. The van der Waals surface area contributed by atoms with Crippen LogP contribution in [0.3, 0.4) is 0 Å². The number of nitrogens with one attached hydrogen (secondary N) is 1. The van der Waals surface area contributed by atoms with Crippen LogP contribution >= 0.6 is 11.8 Å². The summed E-state index contributed by atoms with van der Waals surface area (Å²) in [7, 11) is 0. The Balaban J connectivity index is 1.70. The summed E-state index contributed by atoms with van der Waals surface area (Å²) in [6.07, 6.45) is -2.44. The SMILES string of the molecule is Cc1ccc(-n2cnnc2SCC(=O)NCCCOCC(F)(F)F)cc1. The lowest BCUT2D eigenvalue weighted by Crippen LogP contribution is -2.27. The molecule has 0 saturated carbocycles. The molecule has 1 heterocycles. The fourth-order valence-corrected chi connectivity index (χ4v) is 2.74. The van der Waals surface area contributed by atoms with Gasteiger partial charge in [-0.1, -0.05) is 29.5 Å². The van der Waals surface area contributed by atoms with E-state index in [0.717, 1.165) is 11.3 Å². The van der Waals surface area contributed by atoms with Gasteiger partial charge in [-0.05, 0) is 25.5 Å². The number of carbonyl (C=O) groups excluding carboxylic acids is 1. The van der Waals surface area contributed by atoms with Crippen molar-refractivity contribution in [3.05, 3.63) is 36.2 Å². The minimum atomic E-state index is -4.33. The molecule has 0 radical (unpaired) electrons. The molecule has 0 spiro atoms. The monoisotopic (exact) mass is 388 g/mol. The van der Waals surface area contributed by atoms with E-state index in [0.29, 0.717) is 11.6 Å². The first-order valence-corrected chi connectivity index (χ1v) is 8.85. The Kier molecular flexibility index (Phi) is 7.46. The van der Waals surface area contributed by atoms with Crippen molar-refractivity contribution in [3.63, 3.8) is 0 Å². The number of alkyl halides is 3. The summed E-state index contributed by atoms with van der Waals surface area (Å²) in [6, 6.07) is 7.81. The molecule has 0 atom stereocenters. The average Bonchev–Trinajstić information content (AvgIpc) is 3.04. The molecule has 0 fully saturated rings. The molecule has 1 aromatic carbocycles. The van der Waals surface area contributed by atoms with E-state index in [2.05, 4.69) is 20.3 Å². The molecule has 10 heteroatoms. The molecule has 0 saturated heterocycles. The second-order valence-corrected chi connectivity index (χ2v) is 6.42. The summed E-state index contributed by atoms with van der Waals surface area (Å²) in [6.45, 7) is 0.909. The fourth-order valence-electron chi connectivity index (χ4n) is 1.98. The van der Waals surface area contributed by atoms with Gasteiger partial charge in [0.05, 0.1) is 5.75 Å². The summed E-state index contributed by atoms with van der Waals surface area (Å²) in [5.74, 6) is -0.0993. The molecular weight excluding hydrogens is 369 g/mol. The highest BCUT2D eigenvalue weighted by molar-refractivity contribution is 7.99. The quantitative estimate of drug-likeness (QED) is 0.528. The third-order valence-corrected chi connectivity index (χ3v) is 4.16. The number of amides is 1. The second kappa shape index (κ2) is 9.58. The van der Waals surface area contributed by atoms with Crippen LogP contribution in [0.2, 0.25) is 0 Å². The van der Waals surface area contributed by atoms with E-state index >= 15 is 0 Å². The first-order chi connectivity index (χ1) is 12.3. The maximum Gasteiger partial charge on any atom is 0.411 e. The second-order valence-electron chi connectivity index (χ2n) is 5.48. The molecule has 0 aliphatic rings. The highest BCUT2D eigenvalue weighted by Crippen LogP contribution is 2.19. The number of aromatic nitrogens is 3. The van der Waals surface area contributed by atoms with Crippen molar-refractivity contribution in [2.45, 2.75) is 24.7 Å². The molecule has 0 unspecified atom stereocenters. The van der Waals surface area contributed by atoms with Gasteiger partial charge >= 0.3 is 6.18 Å². The Labute approximate surface area is 153 Å². The van der Waals surface area contributed by atoms with E-state index in [1.54, 1.807) is 10.9 Å². The molecule has 6 nitrogen and oxygen atoms in total. The molecule has 26 heavy (non-hydrogen) atoms. The third-order valence-electron chi connectivity index (χ3n) is 3.21. The van der Waals surface area contributed by atoms with Crippen LogP contribution in [0.1, 0.15) is 12.0 Å². The molecule has 0 aliphatic heterocycles. The topological polar surface area (TPSA) is 69.0 Å². The minimum Gasteiger partial charge on any atom is -0.372 e. The maximum atomic E-state index is 11.9. The number of carbonyl (C=O) groups is 1. The molecule has 2 aromatic rings. The van der Waals surface area contributed by atoms with Crippen LogP contribution in [0.15, 0.2) is 35.7 Å². The molecule has 2 rings (SSSR count). The third kappa shape index (κ3) is 7.04. The van der Waals surface area contributed by atoms with Gasteiger partial charge in [0.2, 0.25) is 5.91 Å². The lowest BCUT2D eigenvalue weighted by atomic mass is 10.2. The number of nitrogens with zero attached hydrogens (tertiary/aromatic N) is 3. The fraction of sp³-hybridized carbons (Fsp3) is 0.438. The summed E-state index contributed by atoms with van der Waals surface area (Å²) < 4.78 is 41.9. The first-order valence-electron chi connectivity index (χ1n) is 7.86. The minimum absolute atomic E-state index is 0.0608. The Bertz CT molecular complexity index is 704. The van der Waals surface area contributed by atoms with Crippen LogP contribution in [-0.2, 0) is 9.53 Å². The number of thioether (sulfide) groups is 1. The molecule has 0 aliphatic carbocycles. The Morgan fingerprint density at radius 2 is 2.04 bits per heavy atom. The van der Waals surface area contributed by atoms with Gasteiger partial charge in [-0.25, -0.2) is 0 Å². The van der Waals surface area contributed by atoms with Gasteiger partial charge in [0.1, 0.15) is 12.9 Å². The summed E-state index contributed by atoms with van der Waals surface area (Å²) in [4.78, 5) is 11.8. The van der Waals surface area contributed by atoms with Gasteiger partial charge in [0.25, 0.3) is 0 Å². The molecule has 1 N–H and O–H groups in total. The highest BCUT2D eigenvalue weighted by atomic mass is 32.2. The highest BCUT2D eigenvalue weighted by Gasteiger charge is 2.27. The number of halogens is 3. The molecule has 1 amide bonds. The van der Waals surface area contributed by atoms with E-state index in [4.69, 9.17) is 0 Å². The number of hydrogen-bond donors (Lipinski definition) is 1. The van der Waals surface area contributed by atoms with Gasteiger partial charge in [-0.15, -0.1) is 10.2 Å². The lowest BCUT2D eigenvalue weighted by Gasteiger charge is -2.08. The van der Waals surface area contributed by atoms with Crippen molar-refractivity contribution >= 4 is 17.7 Å². The van der Waals surface area contributed by atoms with Crippen molar-refractivity contribution in [2.75, 3.05) is 25.5 Å². The number of hydrogen-bond acceptors (Lipinski definition) is 5. The Hall–Kier alpha value is -2.07. The number of benzene rings is 1. The largest absolute Gasteiger partial charge is 0.411 e. The number of ether oxygens (including phenoxy) is 1. The van der Waals surface area contributed by atoms with Crippen molar-refractivity contribution in [1.29, 1.82) is 0 Å². The zero-order valence-corrected chi connectivity index (χ0v) is 14.9. The van der Waals surface area contributed by atoms with Crippen molar-refractivity contribution in [2.24, 2.45) is 0 Å². The number of aryl methyl sites for hydroxylation is 1. The summed E-state index contributed by atoms with van der Waals surface area (Å²) in [5.41, 5.74) is 2.03. The van der Waals surface area contributed by atoms with E-state index in [-0.39, 0.29) is 24.8 Å². The van der Waals surface area contributed by atoms with Gasteiger partial charge in [0.15, 0.2) is 5.16 Å². The maximum absolute atomic E-state index is 11.9. The van der Waals surface area contributed by atoms with Gasteiger partial charge in [-0.2, -0.15) is 13.2 Å². The van der Waals surface area contributed by atoms with E-state index < -0.39 is 12.8 Å². The van der Waals surface area contributed by atoms with Gasteiger partial charge in [-0.3, -0.25) is 9.36 Å². The number of rotatable bonds is 9. The van der Waals surface area contributed by atoms with Crippen molar-refractivity contribution in [1.82, 2.24) is 20.1 Å². The summed E-state index contributed by atoms with van der Waals surface area (Å²) >= 11 is 1.23. The molecule has 1 aromatic heterocycles. The van der Waals surface area contributed by atoms with Crippen LogP contribution < -0.4 is 5.32 Å².